The van der Waals surface area contributed by atoms with E-state index in [1.807, 2.05) is 0 Å². The maximum atomic E-state index is 8.98. The molecule has 5 heteroatoms. The molecule has 0 aromatic heterocycles. The van der Waals surface area contributed by atoms with Gasteiger partial charge in [-0.15, -0.1) is 0 Å². The van der Waals surface area contributed by atoms with Gasteiger partial charge in [0.15, 0.2) is 6.29 Å². The average Bonchev–Trinajstić information content (AvgIpc) is 3.08. The van der Waals surface area contributed by atoms with Gasteiger partial charge in [0, 0.05) is 24.9 Å². The Bertz CT molecular complexity index is 389. The van der Waals surface area contributed by atoms with Gasteiger partial charge >= 0.3 is 0 Å². The number of nitriles is 1. The summed E-state index contributed by atoms with van der Waals surface area (Å²) >= 11 is 0. The Morgan fingerprint density at radius 2 is 1.84 bits per heavy atom. The van der Waals surface area contributed by atoms with Crippen LogP contribution in [0.4, 0.5) is 0 Å². The van der Waals surface area contributed by atoms with Crippen LogP contribution in [-0.2, 0) is 18.9 Å². The predicted octanol–water partition coefficient (Wildman–Crippen LogP) is 1.22. The van der Waals surface area contributed by atoms with Crippen LogP contribution in [0.25, 0.3) is 0 Å². The minimum Gasteiger partial charge on any atom is -0.369 e. The fourth-order valence-corrected chi connectivity index (χ4v) is 3.83. The Labute approximate surface area is 112 Å². The Kier molecular flexibility index (Phi) is 3.00. The van der Waals surface area contributed by atoms with Gasteiger partial charge in [-0.05, 0) is 19.3 Å². The van der Waals surface area contributed by atoms with Crippen LogP contribution in [0.1, 0.15) is 25.7 Å². The molecule has 7 atom stereocenters. The van der Waals surface area contributed by atoms with Gasteiger partial charge in [0.25, 0.3) is 0 Å². The summed E-state index contributed by atoms with van der Waals surface area (Å²) in [5.41, 5.74) is 0. The maximum absolute atomic E-state index is 8.98. The first-order valence-corrected chi connectivity index (χ1v) is 7.29. The van der Waals surface area contributed by atoms with E-state index in [-0.39, 0.29) is 36.6 Å². The van der Waals surface area contributed by atoms with E-state index in [1.54, 1.807) is 0 Å². The molecule has 0 amide bonds. The van der Waals surface area contributed by atoms with E-state index >= 15 is 0 Å². The predicted molar refractivity (Wildman–Crippen MR) is 64.1 cm³/mol. The largest absolute Gasteiger partial charge is 0.369 e. The van der Waals surface area contributed by atoms with Crippen molar-refractivity contribution in [2.24, 2.45) is 11.8 Å². The van der Waals surface area contributed by atoms with E-state index in [0.717, 1.165) is 19.4 Å². The van der Waals surface area contributed by atoms with Crippen molar-refractivity contribution in [2.45, 2.75) is 56.4 Å². The lowest BCUT2D eigenvalue weighted by atomic mass is 9.78. The van der Waals surface area contributed by atoms with Crippen molar-refractivity contribution in [3.05, 3.63) is 0 Å². The van der Waals surface area contributed by atoms with Crippen LogP contribution in [0, 0.1) is 23.2 Å². The molecule has 0 N–H and O–H groups in total. The number of nitrogens with zero attached hydrogens (tertiary/aromatic N) is 1. The fraction of sp³-hybridized carbons (Fsp3) is 0.929. The summed E-state index contributed by atoms with van der Waals surface area (Å²) in [5.74, 6) is 0.557. The number of hydrogen-bond acceptors (Lipinski definition) is 5. The molecule has 19 heavy (non-hydrogen) atoms. The van der Waals surface area contributed by atoms with E-state index in [0.29, 0.717) is 18.9 Å². The van der Waals surface area contributed by atoms with Gasteiger partial charge in [-0.3, -0.25) is 0 Å². The van der Waals surface area contributed by atoms with Gasteiger partial charge in [-0.2, -0.15) is 5.26 Å². The van der Waals surface area contributed by atoms with Crippen molar-refractivity contribution >= 4 is 0 Å². The molecule has 1 unspecified atom stereocenters. The fourth-order valence-electron chi connectivity index (χ4n) is 3.83. The molecule has 0 spiro atoms. The van der Waals surface area contributed by atoms with Crippen LogP contribution < -0.4 is 0 Å². The summed E-state index contributed by atoms with van der Waals surface area (Å²) in [6, 6.07) is 2.28. The molecule has 4 heterocycles. The van der Waals surface area contributed by atoms with Gasteiger partial charge in [0.1, 0.15) is 12.2 Å². The molecule has 0 aromatic rings. The standard InChI is InChI=1S/C14H19NO4/c15-5-4-8-9(7-17-10-3-1-2-6-16-10)12-14-13(19-14)11(8)18-12/h8-14H,1-4,6-7H2/t8-,9+,10?,11-,12+,13-,14+/m1/s1. The smallest absolute Gasteiger partial charge is 0.157 e. The normalized spacial score (nSPS) is 50.8. The first kappa shape index (κ1) is 12.1. The lowest BCUT2D eigenvalue weighted by Gasteiger charge is -2.28. The minimum atomic E-state index is -0.0634. The highest BCUT2D eigenvalue weighted by molar-refractivity contribution is 5.15. The number of epoxide rings is 1. The van der Waals surface area contributed by atoms with Gasteiger partial charge in [0.05, 0.1) is 24.9 Å². The first-order valence-electron chi connectivity index (χ1n) is 7.29. The second kappa shape index (κ2) is 4.71. The van der Waals surface area contributed by atoms with Crippen molar-refractivity contribution in [3.8, 4) is 6.07 Å². The SMILES string of the molecule is N#CC[C@@H]1[C@H](COC2CCCCO2)[C@@H]2O[C@H]1[C@H]1O[C@H]12. The third kappa shape index (κ3) is 1.98. The second-order valence-electron chi connectivity index (χ2n) is 5.95. The van der Waals surface area contributed by atoms with Crippen LogP contribution in [0.15, 0.2) is 0 Å². The van der Waals surface area contributed by atoms with Crippen molar-refractivity contribution < 1.29 is 18.9 Å². The summed E-state index contributed by atoms with van der Waals surface area (Å²) in [6.07, 6.45) is 4.53. The van der Waals surface area contributed by atoms with Crippen molar-refractivity contribution in [2.75, 3.05) is 13.2 Å². The Balaban J connectivity index is 1.37. The Morgan fingerprint density at radius 1 is 1.05 bits per heavy atom. The molecule has 4 rings (SSSR count). The summed E-state index contributed by atoms with van der Waals surface area (Å²) in [6.45, 7) is 1.43. The molecule has 0 aromatic carbocycles. The summed E-state index contributed by atoms with van der Waals surface area (Å²) in [7, 11) is 0. The summed E-state index contributed by atoms with van der Waals surface area (Å²) in [4.78, 5) is 0. The molecule has 5 nitrogen and oxygen atoms in total. The summed E-state index contributed by atoms with van der Waals surface area (Å²) < 4.78 is 23.1. The highest BCUT2D eigenvalue weighted by atomic mass is 16.7. The maximum Gasteiger partial charge on any atom is 0.157 e. The third-order valence-corrected chi connectivity index (χ3v) is 4.86. The van der Waals surface area contributed by atoms with Crippen LogP contribution in [0.3, 0.4) is 0 Å². The van der Waals surface area contributed by atoms with E-state index in [9.17, 15) is 0 Å². The van der Waals surface area contributed by atoms with Crippen molar-refractivity contribution in [3.63, 3.8) is 0 Å². The van der Waals surface area contributed by atoms with E-state index < -0.39 is 0 Å². The lowest BCUT2D eigenvalue weighted by molar-refractivity contribution is -0.173. The number of fused-ring (bicyclic) bond motifs is 5. The van der Waals surface area contributed by atoms with Crippen LogP contribution in [-0.4, -0.2) is 43.9 Å². The van der Waals surface area contributed by atoms with E-state index in [2.05, 4.69) is 6.07 Å². The molecule has 0 radical (unpaired) electrons. The minimum absolute atomic E-state index is 0.0634. The quantitative estimate of drug-likeness (QED) is 0.715. The van der Waals surface area contributed by atoms with Crippen LogP contribution >= 0.6 is 0 Å². The molecule has 4 fully saturated rings. The first-order chi connectivity index (χ1) is 9.38. The highest BCUT2D eigenvalue weighted by Crippen LogP contribution is 2.54. The van der Waals surface area contributed by atoms with Crippen molar-refractivity contribution in [1.82, 2.24) is 0 Å². The van der Waals surface area contributed by atoms with Gasteiger partial charge in [-0.1, -0.05) is 0 Å². The average molecular weight is 265 g/mol. The molecule has 4 saturated heterocycles. The van der Waals surface area contributed by atoms with Crippen molar-refractivity contribution in [1.29, 1.82) is 5.26 Å². The molecule has 104 valence electrons. The number of ether oxygens (including phenoxy) is 4. The Morgan fingerprint density at radius 3 is 2.58 bits per heavy atom. The zero-order chi connectivity index (χ0) is 12.8. The van der Waals surface area contributed by atoms with Gasteiger partial charge < -0.3 is 18.9 Å². The van der Waals surface area contributed by atoms with Crippen LogP contribution in [0.5, 0.6) is 0 Å². The molecule has 4 aliphatic rings. The topological polar surface area (TPSA) is 64.0 Å². The molecule has 4 aliphatic heterocycles. The van der Waals surface area contributed by atoms with E-state index in [4.69, 9.17) is 24.2 Å². The zero-order valence-electron chi connectivity index (χ0n) is 10.9. The lowest BCUT2D eigenvalue weighted by Crippen LogP contribution is -2.37. The molecular weight excluding hydrogens is 246 g/mol. The Hall–Kier alpha value is -0.670. The zero-order valence-corrected chi connectivity index (χ0v) is 10.9. The van der Waals surface area contributed by atoms with Gasteiger partial charge in [0.2, 0.25) is 0 Å². The van der Waals surface area contributed by atoms with Crippen LogP contribution in [0.2, 0.25) is 0 Å². The molecule has 2 bridgehead atoms. The summed E-state index contributed by atoms with van der Waals surface area (Å²) in [5, 5.41) is 8.98. The number of hydrogen-bond donors (Lipinski definition) is 0. The van der Waals surface area contributed by atoms with E-state index in [1.165, 1.54) is 6.42 Å². The molecule has 0 aliphatic carbocycles. The third-order valence-electron chi connectivity index (χ3n) is 4.86. The second-order valence-corrected chi connectivity index (χ2v) is 5.95. The molecule has 0 saturated carbocycles. The highest BCUT2D eigenvalue weighted by Gasteiger charge is 2.68. The molecular formula is C14H19NO4. The monoisotopic (exact) mass is 265 g/mol. The number of rotatable bonds is 4. The van der Waals surface area contributed by atoms with Gasteiger partial charge in [-0.25, -0.2) is 0 Å².